The van der Waals surface area contributed by atoms with Crippen LogP contribution in [0.3, 0.4) is 0 Å². The number of phenols is 1. The first kappa shape index (κ1) is 15.3. The van der Waals surface area contributed by atoms with Gasteiger partial charge in [0.25, 0.3) is 0 Å². The minimum Gasteiger partial charge on any atom is -0.507 e. The molecule has 3 nitrogen and oxygen atoms in total. The minimum atomic E-state index is -0.201. The van der Waals surface area contributed by atoms with Gasteiger partial charge in [0.15, 0.2) is 0 Å². The predicted molar refractivity (Wildman–Crippen MR) is 81.1 cm³/mol. The summed E-state index contributed by atoms with van der Waals surface area (Å²) in [5.74, 6) is 0.600. The van der Waals surface area contributed by atoms with Crippen molar-refractivity contribution >= 4 is 0 Å². The number of phenolic OH excluding ortho intramolecular Hbond substituents is 1. The highest BCUT2D eigenvalue weighted by Crippen LogP contribution is 2.24. The topological polar surface area (TPSA) is 41.5 Å². The molecule has 21 heavy (non-hydrogen) atoms. The van der Waals surface area contributed by atoms with E-state index in [1.165, 1.54) is 0 Å². The lowest BCUT2D eigenvalue weighted by molar-refractivity contribution is 0.405. The number of ether oxygens (including phenoxy) is 1. The molecular formula is C17H20FNO2. The van der Waals surface area contributed by atoms with Gasteiger partial charge in [0.05, 0.1) is 7.11 Å². The fourth-order valence-corrected chi connectivity index (χ4v) is 2.08. The van der Waals surface area contributed by atoms with Crippen LogP contribution >= 0.6 is 0 Å². The van der Waals surface area contributed by atoms with E-state index in [9.17, 15) is 9.50 Å². The first-order chi connectivity index (χ1) is 10.0. The number of aromatic hydroxyl groups is 1. The van der Waals surface area contributed by atoms with Gasteiger partial charge < -0.3 is 15.2 Å². The first-order valence-corrected chi connectivity index (χ1v) is 6.86. The zero-order valence-electron chi connectivity index (χ0n) is 12.5. The lowest BCUT2D eigenvalue weighted by Gasteiger charge is -2.16. The number of hydrogen-bond donors (Lipinski definition) is 2. The third-order valence-corrected chi connectivity index (χ3v) is 3.59. The lowest BCUT2D eigenvalue weighted by Crippen LogP contribution is -2.18. The zero-order valence-corrected chi connectivity index (χ0v) is 12.5. The second-order valence-electron chi connectivity index (χ2n) is 5.11. The van der Waals surface area contributed by atoms with Crippen LogP contribution in [0.25, 0.3) is 0 Å². The Morgan fingerprint density at radius 2 is 2.00 bits per heavy atom. The van der Waals surface area contributed by atoms with Gasteiger partial charge in [-0.25, -0.2) is 4.39 Å². The standard InChI is InChI=1S/C17H20FNO2/c1-11-4-5-13(8-16(11)18)12(2)19-10-14-6-7-15(21-3)9-17(14)20/h4-9,12,19-20H,10H2,1-3H3. The molecule has 0 heterocycles. The molecule has 2 rings (SSSR count). The number of hydrogen-bond acceptors (Lipinski definition) is 3. The van der Waals surface area contributed by atoms with Gasteiger partial charge in [0, 0.05) is 24.2 Å². The van der Waals surface area contributed by atoms with E-state index in [2.05, 4.69) is 5.32 Å². The van der Waals surface area contributed by atoms with Crippen LogP contribution in [0, 0.1) is 12.7 Å². The Balaban J connectivity index is 2.03. The molecule has 0 aliphatic carbocycles. The fraction of sp³-hybridized carbons (Fsp3) is 0.294. The molecule has 2 N–H and O–H groups in total. The fourth-order valence-electron chi connectivity index (χ4n) is 2.08. The van der Waals surface area contributed by atoms with Gasteiger partial charge in [0.2, 0.25) is 0 Å². The second-order valence-corrected chi connectivity index (χ2v) is 5.11. The number of nitrogens with one attached hydrogen (secondary N) is 1. The summed E-state index contributed by atoms with van der Waals surface area (Å²) in [5.41, 5.74) is 2.29. The monoisotopic (exact) mass is 289 g/mol. The summed E-state index contributed by atoms with van der Waals surface area (Å²) in [6, 6.07) is 10.4. The Kier molecular flexibility index (Phi) is 4.81. The average molecular weight is 289 g/mol. The lowest BCUT2D eigenvalue weighted by atomic mass is 10.1. The average Bonchev–Trinajstić information content (AvgIpc) is 2.48. The quantitative estimate of drug-likeness (QED) is 0.882. The third-order valence-electron chi connectivity index (χ3n) is 3.59. The smallest absolute Gasteiger partial charge is 0.126 e. The summed E-state index contributed by atoms with van der Waals surface area (Å²) in [4.78, 5) is 0. The van der Waals surface area contributed by atoms with Crippen molar-refractivity contribution < 1.29 is 14.2 Å². The van der Waals surface area contributed by atoms with Crippen LogP contribution in [0.15, 0.2) is 36.4 Å². The highest BCUT2D eigenvalue weighted by atomic mass is 19.1. The summed E-state index contributed by atoms with van der Waals surface area (Å²) in [6.45, 7) is 4.20. The van der Waals surface area contributed by atoms with Crippen LogP contribution in [-0.4, -0.2) is 12.2 Å². The molecule has 1 unspecified atom stereocenters. The van der Waals surface area contributed by atoms with Crippen LogP contribution in [0.2, 0.25) is 0 Å². The predicted octanol–water partition coefficient (Wildman–Crippen LogP) is 3.70. The number of methoxy groups -OCH3 is 1. The summed E-state index contributed by atoms with van der Waals surface area (Å²) in [6.07, 6.45) is 0. The minimum absolute atomic E-state index is 0.0124. The number of halogens is 1. The summed E-state index contributed by atoms with van der Waals surface area (Å²) in [7, 11) is 1.56. The molecule has 0 spiro atoms. The van der Waals surface area contributed by atoms with Gasteiger partial charge in [0.1, 0.15) is 17.3 Å². The van der Waals surface area contributed by atoms with Crippen molar-refractivity contribution in [3.63, 3.8) is 0 Å². The van der Waals surface area contributed by atoms with Crippen LogP contribution in [0.4, 0.5) is 4.39 Å². The molecule has 0 saturated carbocycles. The maximum Gasteiger partial charge on any atom is 0.126 e. The number of rotatable bonds is 5. The van der Waals surface area contributed by atoms with E-state index in [-0.39, 0.29) is 17.6 Å². The van der Waals surface area contributed by atoms with Crippen molar-refractivity contribution in [2.24, 2.45) is 0 Å². The molecule has 1 atom stereocenters. The second kappa shape index (κ2) is 6.59. The van der Waals surface area contributed by atoms with Gasteiger partial charge in [-0.2, -0.15) is 0 Å². The number of benzene rings is 2. The highest BCUT2D eigenvalue weighted by molar-refractivity contribution is 5.39. The van der Waals surface area contributed by atoms with Crippen molar-refractivity contribution in [3.8, 4) is 11.5 Å². The van der Waals surface area contributed by atoms with Crippen molar-refractivity contribution in [2.75, 3.05) is 7.11 Å². The summed E-state index contributed by atoms with van der Waals surface area (Å²) in [5, 5.41) is 13.2. The summed E-state index contributed by atoms with van der Waals surface area (Å²) < 4.78 is 18.6. The van der Waals surface area contributed by atoms with E-state index in [1.807, 2.05) is 19.1 Å². The van der Waals surface area contributed by atoms with Crippen molar-refractivity contribution in [1.82, 2.24) is 5.32 Å². The molecule has 0 aliphatic rings. The van der Waals surface area contributed by atoms with E-state index in [0.29, 0.717) is 17.9 Å². The largest absolute Gasteiger partial charge is 0.507 e. The Hall–Kier alpha value is -2.07. The molecule has 2 aromatic rings. The Labute approximate surface area is 124 Å². The SMILES string of the molecule is COc1ccc(CNC(C)c2ccc(C)c(F)c2)c(O)c1. The van der Waals surface area contributed by atoms with E-state index < -0.39 is 0 Å². The molecule has 0 amide bonds. The molecular weight excluding hydrogens is 269 g/mol. The van der Waals surface area contributed by atoms with Gasteiger partial charge in [-0.3, -0.25) is 0 Å². The third kappa shape index (κ3) is 3.73. The molecule has 0 radical (unpaired) electrons. The normalized spacial score (nSPS) is 12.2. The van der Waals surface area contributed by atoms with Gasteiger partial charge in [-0.15, -0.1) is 0 Å². The van der Waals surface area contributed by atoms with Crippen LogP contribution < -0.4 is 10.1 Å². The van der Waals surface area contributed by atoms with Gasteiger partial charge in [-0.1, -0.05) is 18.2 Å². The number of aryl methyl sites for hydroxylation is 1. The van der Waals surface area contributed by atoms with E-state index in [4.69, 9.17) is 4.74 Å². The molecule has 112 valence electrons. The van der Waals surface area contributed by atoms with Crippen molar-refractivity contribution in [2.45, 2.75) is 26.4 Å². The zero-order chi connectivity index (χ0) is 15.4. The molecule has 0 aliphatic heterocycles. The molecule has 0 bridgehead atoms. The molecule has 2 aromatic carbocycles. The first-order valence-electron chi connectivity index (χ1n) is 6.86. The van der Waals surface area contributed by atoms with Gasteiger partial charge in [-0.05, 0) is 37.1 Å². The molecule has 0 saturated heterocycles. The van der Waals surface area contributed by atoms with Crippen molar-refractivity contribution in [1.29, 1.82) is 0 Å². The van der Waals surface area contributed by atoms with E-state index in [0.717, 1.165) is 11.1 Å². The van der Waals surface area contributed by atoms with Crippen LogP contribution in [-0.2, 0) is 6.54 Å². The molecule has 0 fully saturated rings. The maximum absolute atomic E-state index is 13.6. The van der Waals surface area contributed by atoms with E-state index >= 15 is 0 Å². The van der Waals surface area contributed by atoms with Crippen molar-refractivity contribution in [3.05, 3.63) is 58.9 Å². The molecule has 0 aromatic heterocycles. The Morgan fingerprint density at radius 1 is 1.24 bits per heavy atom. The highest BCUT2D eigenvalue weighted by Gasteiger charge is 2.09. The van der Waals surface area contributed by atoms with Crippen LogP contribution in [0.5, 0.6) is 11.5 Å². The van der Waals surface area contributed by atoms with Crippen LogP contribution in [0.1, 0.15) is 29.7 Å². The summed E-state index contributed by atoms with van der Waals surface area (Å²) >= 11 is 0. The molecule has 4 heteroatoms. The Morgan fingerprint density at radius 3 is 2.62 bits per heavy atom. The van der Waals surface area contributed by atoms with E-state index in [1.54, 1.807) is 38.3 Å². The van der Waals surface area contributed by atoms with Gasteiger partial charge >= 0.3 is 0 Å². The maximum atomic E-state index is 13.6. The Bertz CT molecular complexity index is 628.